The Morgan fingerprint density at radius 1 is 1.25 bits per heavy atom. The van der Waals surface area contributed by atoms with Gasteiger partial charge >= 0.3 is 0 Å². The van der Waals surface area contributed by atoms with E-state index in [1.807, 2.05) is 0 Å². The number of hydrogen-bond donors (Lipinski definition) is 1. The molecule has 0 aromatic heterocycles. The van der Waals surface area contributed by atoms with Crippen LogP contribution in [0.25, 0.3) is 0 Å². The van der Waals surface area contributed by atoms with Crippen LogP contribution in [0.4, 0.5) is 4.39 Å². The Labute approximate surface area is 97.3 Å². The Hall–Kier alpha value is -0.890. The number of hydrogen-bond acceptors (Lipinski definition) is 1. The fourth-order valence-electron chi connectivity index (χ4n) is 1.76. The first kappa shape index (κ1) is 13.2. The summed E-state index contributed by atoms with van der Waals surface area (Å²) in [5, 5.41) is 9.93. The summed E-state index contributed by atoms with van der Waals surface area (Å²) < 4.78 is 13.0. The molecule has 0 radical (unpaired) electrons. The maximum atomic E-state index is 13.0. The van der Waals surface area contributed by atoms with Crippen molar-refractivity contribution in [3.05, 3.63) is 35.1 Å². The van der Waals surface area contributed by atoms with Crippen LogP contribution in [0.1, 0.15) is 50.3 Å². The molecular formula is C14H21FO. The summed E-state index contributed by atoms with van der Waals surface area (Å²) >= 11 is 0. The molecule has 1 nitrogen and oxygen atoms in total. The zero-order valence-electron chi connectivity index (χ0n) is 10.3. The maximum Gasteiger partial charge on any atom is 0.126 e. The van der Waals surface area contributed by atoms with E-state index >= 15 is 0 Å². The van der Waals surface area contributed by atoms with E-state index in [2.05, 4.69) is 13.8 Å². The van der Waals surface area contributed by atoms with Crippen molar-refractivity contribution in [1.29, 1.82) is 0 Å². The van der Waals surface area contributed by atoms with Gasteiger partial charge in [0, 0.05) is 0 Å². The summed E-state index contributed by atoms with van der Waals surface area (Å²) in [6.07, 6.45) is 2.42. The van der Waals surface area contributed by atoms with E-state index in [-0.39, 0.29) is 5.82 Å². The van der Waals surface area contributed by atoms with Crippen LogP contribution in [0, 0.1) is 18.7 Å². The lowest BCUT2D eigenvalue weighted by Crippen LogP contribution is -2.00. The molecule has 16 heavy (non-hydrogen) atoms. The van der Waals surface area contributed by atoms with E-state index in [4.69, 9.17) is 0 Å². The first-order valence-electron chi connectivity index (χ1n) is 5.95. The lowest BCUT2D eigenvalue weighted by atomic mass is 9.99. The quantitative estimate of drug-likeness (QED) is 0.801. The summed E-state index contributed by atoms with van der Waals surface area (Å²) in [7, 11) is 0. The highest BCUT2D eigenvalue weighted by atomic mass is 19.1. The molecule has 0 aliphatic heterocycles. The number of halogens is 1. The van der Waals surface area contributed by atoms with Crippen molar-refractivity contribution >= 4 is 0 Å². The second-order valence-corrected chi connectivity index (χ2v) is 4.85. The third-order valence-corrected chi connectivity index (χ3v) is 2.83. The van der Waals surface area contributed by atoms with E-state index in [9.17, 15) is 9.50 Å². The average molecular weight is 224 g/mol. The fraction of sp³-hybridized carbons (Fsp3) is 0.571. The van der Waals surface area contributed by atoms with Crippen LogP contribution in [0.3, 0.4) is 0 Å². The van der Waals surface area contributed by atoms with Gasteiger partial charge in [-0.25, -0.2) is 4.39 Å². The van der Waals surface area contributed by atoms with Crippen LogP contribution < -0.4 is 0 Å². The predicted molar refractivity (Wildman–Crippen MR) is 64.8 cm³/mol. The van der Waals surface area contributed by atoms with Gasteiger partial charge in [-0.3, -0.25) is 0 Å². The number of rotatable bonds is 5. The summed E-state index contributed by atoms with van der Waals surface area (Å²) in [4.78, 5) is 0. The minimum Gasteiger partial charge on any atom is -0.388 e. The van der Waals surface area contributed by atoms with Gasteiger partial charge in [0.15, 0.2) is 0 Å². The van der Waals surface area contributed by atoms with E-state index in [1.165, 1.54) is 6.07 Å². The molecule has 1 aromatic rings. The molecule has 0 aliphatic carbocycles. The van der Waals surface area contributed by atoms with Gasteiger partial charge in [0.1, 0.15) is 5.82 Å². The molecule has 1 N–H and O–H groups in total. The van der Waals surface area contributed by atoms with Crippen molar-refractivity contribution in [3.63, 3.8) is 0 Å². The van der Waals surface area contributed by atoms with Crippen molar-refractivity contribution in [2.75, 3.05) is 0 Å². The minimum absolute atomic E-state index is 0.210. The van der Waals surface area contributed by atoms with Crippen molar-refractivity contribution in [2.45, 2.75) is 46.1 Å². The van der Waals surface area contributed by atoms with Gasteiger partial charge in [-0.2, -0.15) is 0 Å². The largest absolute Gasteiger partial charge is 0.388 e. The van der Waals surface area contributed by atoms with Crippen molar-refractivity contribution in [1.82, 2.24) is 0 Å². The van der Waals surface area contributed by atoms with Gasteiger partial charge in [0.25, 0.3) is 0 Å². The molecule has 1 atom stereocenters. The topological polar surface area (TPSA) is 20.2 Å². The van der Waals surface area contributed by atoms with Gasteiger partial charge in [0.05, 0.1) is 6.10 Å². The molecule has 0 aliphatic rings. The smallest absolute Gasteiger partial charge is 0.126 e. The zero-order valence-corrected chi connectivity index (χ0v) is 10.3. The Bertz CT molecular complexity index is 334. The summed E-state index contributed by atoms with van der Waals surface area (Å²) in [5.41, 5.74) is 1.42. The molecule has 1 aromatic carbocycles. The van der Waals surface area contributed by atoms with E-state index in [0.717, 1.165) is 24.8 Å². The highest BCUT2D eigenvalue weighted by Crippen LogP contribution is 2.22. The highest BCUT2D eigenvalue weighted by Gasteiger charge is 2.09. The Kier molecular flexibility index (Phi) is 4.94. The molecule has 90 valence electrons. The zero-order chi connectivity index (χ0) is 12.1. The van der Waals surface area contributed by atoms with Gasteiger partial charge in [-0.05, 0) is 36.5 Å². The van der Waals surface area contributed by atoms with Crippen LogP contribution in [0.5, 0.6) is 0 Å². The second kappa shape index (κ2) is 6.00. The normalized spacial score (nSPS) is 13.1. The highest BCUT2D eigenvalue weighted by molar-refractivity contribution is 5.25. The lowest BCUT2D eigenvalue weighted by molar-refractivity contribution is 0.162. The summed E-state index contributed by atoms with van der Waals surface area (Å²) in [5.74, 6) is 0.459. The third kappa shape index (κ3) is 3.93. The Morgan fingerprint density at radius 2 is 1.94 bits per heavy atom. The number of benzene rings is 1. The standard InChI is InChI=1S/C14H21FO/c1-10(2)5-4-6-14(16)12-7-8-13(15)11(3)9-12/h7-10,14,16H,4-6H2,1-3H3. The van der Waals surface area contributed by atoms with Crippen LogP contribution in [0.15, 0.2) is 18.2 Å². The van der Waals surface area contributed by atoms with Gasteiger partial charge in [-0.15, -0.1) is 0 Å². The molecule has 0 bridgehead atoms. The molecule has 0 fully saturated rings. The van der Waals surface area contributed by atoms with Gasteiger partial charge in [0.2, 0.25) is 0 Å². The number of aryl methyl sites for hydroxylation is 1. The van der Waals surface area contributed by atoms with Crippen LogP contribution in [0.2, 0.25) is 0 Å². The van der Waals surface area contributed by atoms with E-state index in [0.29, 0.717) is 11.5 Å². The number of aliphatic hydroxyl groups is 1. The van der Waals surface area contributed by atoms with E-state index in [1.54, 1.807) is 19.1 Å². The van der Waals surface area contributed by atoms with E-state index < -0.39 is 6.10 Å². The molecule has 2 heteroatoms. The maximum absolute atomic E-state index is 13.0. The van der Waals surface area contributed by atoms with Gasteiger partial charge in [-0.1, -0.05) is 38.8 Å². The predicted octanol–water partition coefficient (Wildman–Crippen LogP) is 3.99. The van der Waals surface area contributed by atoms with Crippen LogP contribution in [-0.2, 0) is 0 Å². The van der Waals surface area contributed by atoms with Crippen LogP contribution in [-0.4, -0.2) is 5.11 Å². The van der Waals surface area contributed by atoms with Crippen molar-refractivity contribution in [3.8, 4) is 0 Å². The molecule has 0 saturated carbocycles. The molecule has 1 unspecified atom stereocenters. The SMILES string of the molecule is Cc1cc(C(O)CCCC(C)C)ccc1F. The minimum atomic E-state index is -0.460. The summed E-state index contributed by atoms with van der Waals surface area (Å²) in [6, 6.07) is 4.83. The van der Waals surface area contributed by atoms with Crippen molar-refractivity contribution in [2.24, 2.45) is 5.92 Å². The second-order valence-electron chi connectivity index (χ2n) is 4.85. The molecular weight excluding hydrogens is 203 g/mol. The number of aliphatic hydroxyl groups excluding tert-OH is 1. The van der Waals surface area contributed by atoms with Crippen molar-refractivity contribution < 1.29 is 9.50 Å². The average Bonchev–Trinajstić information content (AvgIpc) is 2.21. The molecule has 0 spiro atoms. The molecule has 1 rings (SSSR count). The Balaban J connectivity index is 2.52. The fourth-order valence-corrected chi connectivity index (χ4v) is 1.76. The first-order valence-corrected chi connectivity index (χ1v) is 5.95. The monoisotopic (exact) mass is 224 g/mol. The molecule has 0 heterocycles. The third-order valence-electron chi connectivity index (χ3n) is 2.83. The lowest BCUT2D eigenvalue weighted by Gasteiger charge is -2.12. The van der Waals surface area contributed by atoms with Gasteiger partial charge < -0.3 is 5.11 Å². The molecule has 0 saturated heterocycles. The summed E-state index contributed by atoms with van der Waals surface area (Å²) in [6.45, 7) is 6.07. The van der Waals surface area contributed by atoms with Crippen LogP contribution >= 0.6 is 0 Å². The molecule has 0 amide bonds. The Morgan fingerprint density at radius 3 is 2.50 bits per heavy atom. The first-order chi connectivity index (χ1) is 7.50.